The lowest BCUT2D eigenvalue weighted by Gasteiger charge is -2.24. The maximum atomic E-state index is 13.2. The summed E-state index contributed by atoms with van der Waals surface area (Å²) in [5.74, 6) is -0.604. The van der Waals surface area contributed by atoms with Crippen LogP contribution in [0.2, 0.25) is 0 Å². The number of thiophene rings is 1. The van der Waals surface area contributed by atoms with Crippen molar-refractivity contribution < 1.29 is 14.4 Å². The van der Waals surface area contributed by atoms with Crippen molar-refractivity contribution >= 4 is 28.9 Å². The van der Waals surface area contributed by atoms with E-state index in [0.29, 0.717) is 33.9 Å². The predicted octanol–water partition coefficient (Wildman–Crippen LogP) is 2.97. The van der Waals surface area contributed by atoms with Crippen molar-refractivity contribution in [3.63, 3.8) is 0 Å². The lowest BCUT2D eigenvalue weighted by atomic mass is 10.1. The van der Waals surface area contributed by atoms with Gasteiger partial charge in [-0.1, -0.05) is 0 Å². The van der Waals surface area contributed by atoms with Gasteiger partial charge in [-0.3, -0.25) is 14.4 Å². The summed E-state index contributed by atoms with van der Waals surface area (Å²) in [7, 11) is 0. The average Bonchev–Trinajstić information content (AvgIpc) is 3.24. The zero-order chi connectivity index (χ0) is 18.3. The third kappa shape index (κ3) is 3.00. The van der Waals surface area contributed by atoms with Gasteiger partial charge in [0, 0.05) is 24.0 Å². The summed E-state index contributed by atoms with van der Waals surface area (Å²) in [5.41, 5.74) is 7.81. The number of hydrogen-bond acceptors (Lipinski definition) is 4. The highest BCUT2D eigenvalue weighted by Crippen LogP contribution is 2.37. The summed E-state index contributed by atoms with van der Waals surface area (Å²) in [6.45, 7) is 5.76. The highest BCUT2D eigenvalue weighted by Gasteiger charge is 2.34. The number of aromatic amines is 1. The predicted molar refractivity (Wildman–Crippen MR) is 96.1 cm³/mol. The van der Waals surface area contributed by atoms with Gasteiger partial charge in [0.15, 0.2) is 5.78 Å². The third-order valence-corrected chi connectivity index (χ3v) is 5.92. The van der Waals surface area contributed by atoms with Crippen LogP contribution in [-0.4, -0.2) is 34.0 Å². The number of nitrogens with two attached hydrogens (primary N) is 1. The number of aryl methyl sites for hydroxylation is 1. The number of H-pyrrole nitrogens is 1. The molecule has 1 saturated heterocycles. The van der Waals surface area contributed by atoms with Crippen LogP contribution in [0.15, 0.2) is 12.1 Å². The molecule has 2 aromatic rings. The fourth-order valence-corrected chi connectivity index (χ4v) is 4.54. The summed E-state index contributed by atoms with van der Waals surface area (Å²) >= 11 is 1.34. The third-order valence-electron chi connectivity index (χ3n) is 4.72. The molecule has 3 N–H and O–H groups in total. The summed E-state index contributed by atoms with van der Waals surface area (Å²) in [4.78, 5) is 42.6. The first kappa shape index (κ1) is 17.4. The first-order chi connectivity index (χ1) is 11.8. The second kappa shape index (κ2) is 6.48. The van der Waals surface area contributed by atoms with Crippen LogP contribution in [0.5, 0.6) is 0 Å². The quantitative estimate of drug-likeness (QED) is 0.821. The van der Waals surface area contributed by atoms with Crippen molar-refractivity contribution in [2.24, 2.45) is 5.73 Å². The maximum Gasteiger partial charge on any atom is 0.258 e. The highest BCUT2D eigenvalue weighted by molar-refractivity contribution is 7.14. The van der Waals surface area contributed by atoms with Crippen molar-refractivity contribution in [2.75, 3.05) is 6.54 Å². The Morgan fingerprint density at radius 3 is 2.56 bits per heavy atom. The molecule has 0 unspecified atom stereocenters. The molecule has 0 saturated carbocycles. The number of nitrogens with zero attached hydrogens (tertiary/aromatic N) is 1. The van der Waals surface area contributed by atoms with Gasteiger partial charge in [0.1, 0.15) is 0 Å². The number of carbonyl (C=O) groups is 3. The molecule has 6 nitrogen and oxygen atoms in total. The molecule has 132 valence electrons. The molecular formula is C18H21N3O3S. The van der Waals surface area contributed by atoms with E-state index >= 15 is 0 Å². The largest absolute Gasteiger partial charge is 0.365 e. The molecule has 2 amide bonds. The minimum atomic E-state index is -0.449. The van der Waals surface area contributed by atoms with Gasteiger partial charge in [-0.25, -0.2) is 0 Å². The number of aromatic nitrogens is 1. The number of nitrogens with one attached hydrogen (secondary N) is 1. The molecule has 7 heteroatoms. The van der Waals surface area contributed by atoms with E-state index in [2.05, 4.69) is 4.98 Å². The minimum absolute atomic E-state index is 0.0555. The molecule has 25 heavy (non-hydrogen) atoms. The van der Waals surface area contributed by atoms with Crippen LogP contribution in [0.4, 0.5) is 0 Å². The van der Waals surface area contributed by atoms with Gasteiger partial charge in [0.05, 0.1) is 22.2 Å². The normalized spacial score (nSPS) is 17.1. The van der Waals surface area contributed by atoms with E-state index in [1.54, 1.807) is 13.0 Å². The molecule has 1 aliphatic heterocycles. The molecule has 1 fully saturated rings. The fraction of sp³-hybridized carbons (Fsp3) is 0.389. The lowest BCUT2D eigenvalue weighted by Crippen LogP contribution is -2.31. The van der Waals surface area contributed by atoms with Crippen LogP contribution in [0.1, 0.15) is 72.5 Å². The molecule has 2 aromatic heterocycles. The van der Waals surface area contributed by atoms with Crippen LogP contribution in [0.25, 0.3) is 0 Å². The van der Waals surface area contributed by atoms with Crippen LogP contribution in [0, 0.1) is 13.8 Å². The minimum Gasteiger partial charge on any atom is -0.365 e. The molecular weight excluding hydrogens is 338 g/mol. The van der Waals surface area contributed by atoms with E-state index in [0.717, 1.165) is 17.7 Å². The Bertz CT molecular complexity index is 865. The molecule has 0 bridgehead atoms. The second-order valence-electron chi connectivity index (χ2n) is 6.40. The summed E-state index contributed by atoms with van der Waals surface area (Å²) in [6, 6.07) is 3.53. The van der Waals surface area contributed by atoms with Gasteiger partial charge < -0.3 is 15.6 Å². The number of carbonyl (C=O) groups excluding carboxylic acids is 3. The Morgan fingerprint density at radius 1 is 1.28 bits per heavy atom. The Hall–Kier alpha value is -2.41. The van der Waals surface area contributed by atoms with Gasteiger partial charge in [0.25, 0.3) is 11.8 Å². The Labute approximate surface area is 150 Å². The molecule has 1 aliphatic rings. The van der Waals surface area contributed by atoms with E-state index < -0.39 is 5.91 Å². The van der Waals surface area contributed by atoms with E-state index in [9.17, 15) is 14.4 Å². The van der Waals surface area contributed by atoms with Crippen molar-refractivity contribution in [1.82, 2.24) is 9.88 Å². The Kier molecular flexibility index (Phi) is 4.51. The van der Waals surface area contributed by atoms with Crippen LogP contribution < -0.4 is 5.73 Å². The van der Waals surface area contributed by atoms with Crippen molar-refractivity contribution in [1.29, 1.82) is 0 Å². The smallest absolute Gasteiger partial charge is 0.258 e. The number of Topliss-reactive ketones (excluding diaryl/α,β-unsaturated/α-hetero) is 1. The monoisotopic (exact) mass is 359 g/mol. The average molecular weight is 359 g/mol. The SMILES string of the molecule is CC(=O)c1[nH]c(C)c(C(=O)N2CCC[C@H]2c2ccc(C(N)=O)s2)c1C. The molecule has 0 radical (unpaired) electrons. The Balaban J connectivity index is 1.93. The van der Waals surface area contributed by atoms with Gasteiger partial charge in [-0.05, 0) is 44.4 Å². The number of amides is 2. The lowest BCUT2D eigenvalue weighted by molar-refractivity contribution is 0.0736. The number of ketones is 1. The first-order valence-electron chi connectivity index (χ1n) is 8.21. The van der Waals surface area contributed by atoms with Gasteiger partial charge >= 0.3 is 0 Å². The van der Waals surface area contributed by atoms with Crippen molar-refractivity contribution in [2.45, 2.75) is 39.7 Å². The zero-order valence-corrected chi connectivity index (χ0v) is 15.3. The standard InChI is InChI=1S/C18H21N3O3S/c1-9-15(10(2)20-16(9)11(3)22)18(24)21-8-4-5-12(21)13-6-7-14(25-13)17(19)23/h6-7,12,20H,4-5,8H2,1-3H3,(H2,19,23)/t12-/m0/s1. The summed E-state index contributed by atoms with van der Waals surface area (Å²) in [5, 5.41) is 0. The molecule has 1 atom stereocenters. The molecule has 0 aliphatic carbocycles. The number of likely N-dealkylation sites (tertiary alicyclic amines) is 1. The van der Waals surface area contributed by atoms with Gasteiger partial charge in [0.2, 0.25) is 0 Å². The van der Waals surface area contributed by atoms with Crippen LogP contribution in [0.3, 0.4) is 0 Å². The first-order valence-corrected chi connectivity index (χ1v) is 9.03. The summed E-state index contributed by atoms with van der Waals surface area (Å²) < 4.78 is 0. The molecule has 0 aromatic carbocycles. The number of hydrogen-bond donors (Lipinski definition) is 2. The molecule has 0 spiro atoms. The number of primary amides is 1. The number of rotatable bonds is 4. The van der Waals surface area contributed by atoms with E-state index in [4.69, 9.17) is 5.73 Å². The van der Waals surface area contributed by atoms with Gasteiger partial charge in [-0.15, -0.1) is 11.3 Å². The zero-order valence-electron chi connectivity index (χ0n) is 14.5. The second-order valence-corrected chi connectivity index (χ2v) is 7.52. The topological polar surface area (TPSA) is 96.3 Å². The van der Waals surface area contributed by atoms with E-state index in [-0.39, 0.29) is 17.7 Å². The van der Waals surface area contributed by atoms with Gasteiger partial charge in [-0.2, -0.15) is 0 Å². The summed E-state index contributed by atoms with van der Waals surface area (Å²) in [6.07, 6.45) is 1.76. The maximum absolute atomic E-state index is 13.2. The van der Waals surface area contributed by atoms with Crippen LogP contribution >= 0.6 is 11.3 Å². The fourth-order valence-electron chi connectivity index (χ4n) is 3.54. The Morgan fingerprint density at radius 2 is 2.00 bits per heavy atom. The van der Waals surface area contributed by atoms with Crippen molar-refractivity contribution in [3.05, 3.63) is 44.4 Å². The molecule has 3 rings (SSSR count). The molecule has 3 heterocycles. The van der Waals surface area contributed by atoms with E-state index in [1.807, 2.05) is 17.9 Å². The van der Waals surface area contributed by atoms with E-state index in [1.165, 1.54) is 18.3 Å². The van der Waals surface area contributed by atoms with Crippen molar-refractivity contribution in [3.8, 4) is 0 Å². The highest BCUT2D eigenvalue weighted by atomic mass is 32.1. The van der Waals surface area contributed by atoms with Crippen LogP contribution in [-0.2, 0) is 0 Å².